The number of methoxy groups -OCH3 is 1. The van der Waals surface area contributed by atoms with Crippen molar-refractivity contribution in [2.75, 3.05) is 34.4 Å². The van der Waals surface area contributed by atoms with Crippen LogP contribution in [0.5, 0.6) is 11.5 Å². The van der Waals surface area contributed by atoms with Gasteiger partial charge >= 0.3 is 5.69 Å². The van der Waals surface area contributed by atoms with E-state index in [1.54, 1.807) is 14.0 Å². The Bertz CT molecular complexity index is 838. The first-order valence-electron chi connectivity index (χ1n) is 8.87. The van der Waals surface area contributed by atoms with Crippen LogP contribution in [0.2, 0.25) is 0 Å². The van der Waals surface area contributed by atoms with Crippen molar-refractivity contribution in [2.45, 2.75) is 13.0 Å². The number of nitrogens with one attached hydrogen (secondary N) is 1. The smallest absolute Gasteiger partial charge is 0.311 e. The molecule has 2 aromatic carbocycles. The van der Waals surface area contributed by atoms with E-state index in [-0.39, 0.29) is 28.9 Å². The number of nitrogens with zero attached hydrogens (tertiary/aromatic N) is 2. The van der Waals surface area contributed by atoms with Crippen molar-refractivity contribution in [1.29, 1.82) is 0 Å². The molecule has 0 heterocycles. The maximum Gasteiger partial charge on any atom is 0.311 e. The molecule has 2 aromatic rings. The Morgan fingerprint density at radius 1 is 1.25 bits per heavy atom. The van der Waals surface area contributed by atoms with Crippen molar-refractivity contribution < 1.29 is 19.2 Å². The monoisotopic (exact) mass is 387 g/mol. The fourth-order valence-corrected chi connectivity index (χ4v) is 2.82. The highest BCUT2D eigenvalue weighted by Crippen LogP contribution is 2.28. The summed E-state index contributed by atoms with van der Waals surface area (Å²) < 4.78 is 10.5. The lowest BCUT2D eigenvalue weighted by Gasteiger charge is -2.25. The number of hydrogen-bond donors (Lipinski definition) is 1. The van der Waals surface area contributed by atoms with E-state index in [1.165, 1.54) is 18.2 Å². The second-order valence-corrected chi connectivity index (χ2v) is 6.34. The minimum absolute atomic E-state index is 0.0864. The summed E-state index contributed by atoms with van der Waals surface area (Å²) in [6, 6.07) is 11.7. The van der Waals surface area contributed by atoms with Gasteiger partial charge in [0.2, 0.25) is 0 Å². The summed E-state index contributed by atoms with van der Waals surface area (Å²) in [6.45, 7) is 2.38. The topological polar surface area (TPSA) is 93.9 Å². The molecule has 0 saturated carbocycles. The molecule has 1 unspecified atom stereocenters. The van der Waals surface area contributed by atoms with E-state index in [2.05, 4.69) is 5.32 Å². The fraction of sp³-hybridized carbons (Fsp3) is 0.350. The van der Waals surface area contributed by atoms with Crippen LogP contribution in [0.3, 0.4) is 0 Å². The number of ether oxygens (including phenoxy) is 2. The number of hydrogen-bond acceptors (Lipinski definition) is 6. The van der Waals surface area contributed by atoms with Crippen LogP contribution in [0.15, 0.2) is 42.5 Å². The molecule has 150 valence electrons. The van der Waals surface area contributed by atoms with Gasteiger partial charge in [0.1, 0.15) is 5.75 Å². The number of carbonyl (C=O) groups is 1. The SMILES string of the molecule is CCOc1ccc(C(=O)NCC(c2cccc(OC)c2)N(C)C)cc1[N+](=O)[O-]. The Hall–Kier alpha value is -3.13. The second-order valence-electron chi connectivity index (χ2n) is 6.34. The lowest BCUT2D eigenvalue weighted by molar-refractivity contribution is -0.385. The Kier molecular flexibility index (Phi) is 7.34. The number of nitro benzene ring substituents is 1. The minimum Gasteiger partial charge on any atom is -0.497 e. The molecule has 0 radical (unpaired) electrons. The lowest BCUT2D eigenvalue weighted by Crippen LogP contribution is -2.34. The van der Waals surface area contributed by atoms with Crippen LogP contribution in [-0.2, 0) is 0 Å². The number of rotatable bonds is 9. The quantitative estimate of drug-likeness (QED) is 0.525. The van der Waals surface area contributed by atoms with Gasteiger partial charge in [0, 0.05) is 18.2 Å². The molecule has 0 aliphatic heterocycles. The van der Waals surface area contributed by atoms with Crippen LogP contribution in [0.4, 0.5) is 5.69 Å². The van der Waals surface area contributed by atoms with Crippen molar-refractivity contribution >= 4 is 11.6 Å². The van der Waals surface area contributed by atoms with Crippen LogP contribution < -0.4 is 14.8 Å². The molecule has 1 N–H and O–H groups in total. The van der Waals surface area contributed by atoms with Crippen molar-refractivity contribution in [3.05, 3.63) is 63.7 Å². The number of nitro groups is 1. The van der Waals surface area contributed by atoms with Gasteiger partial charge in [0.15, 0.2) is 5.75 Å². The molecule has 1 atom stereocenters. The van der Waals surface area contributed by atoms with E-state index >= 15 is 0 Å². The number of amides is 1. The number of carbonyl (C=O) groups excluding carboxylic acids is 1. The second kappa shape index (κ2) is 9.70. The van der Waals surface area contributed by atoms with E-state index in [9.17, 15) is 14.9 Å². The molecule has 0 saturated heterocycles. The Morgan fingerprint density at radius 3 is 2.61 bits per heavy atom. The predicted molar refractivity (Wildman–Crippen MR) is 106 cm³/mol. The zero-order valence-corrected chi connectivity index (χ0v) is 16.5. The maximum absolute atomic E-state index is 12.6. The largest absolute Gasteiger partial charge is 0.497 e. The van der Waals surface area contributed by atoms with Gasteiger partial charge in [-0.05, 0) is 50.8 Å². The third-order valence-electron chi connectivity index (χ3n) is 4.28. The highest BCUT2D eigenvalue weighted by atomic mass is 16.6. The zero-order chi connectivity index (χ0) is 20.7. The molecular weight excluding hydrogens is 362 g/mol. The van der Waals surface area contributed by atoms with Crippen molar-refractivity contribution in [2.24, 2.45) is 0 Å². The highest BCUT2D eigenvalue weighted by Gasteiger charge is 2.20. The van der Waals surface area contributed by atoms with Crippen molar-refractivity contribution in [3.8, 4) is 11.5 Å². The highest BCUT2D eigenvalue weighted by molar-refractivity contribution is 5.95. The summed E-state index contributed by atoms with van der Waals surface area (Å²) in [4.78, 5) is 25.2. The summed E-state index contributed by atoms with van der Waals surface area (Å²) in [5.41, 5.74) is 0.965. The molecule has 0 aliphatic rings. The van der Waals surface area contributed by atoms with E-state index in [4.69, 9.17) is 9.47 Å². The Balaban J connectivity index is 2.16. The Labute approximate surface area is 164 Å². The fourth-order valence-electron chi connectivity index (χ4n) is 2.82. The van der Waals surface area contributed by atoms with Gasteiger partial charge < -0.3 is 19.7 Å². The lowest BCUT2D eigenvalue weighted by atomic mass is 10.1. The average Bonchev–Trinajstić information content (AvgIpc) is 2.68. The molecule has 1 amide bonds. The summed E-state index contributed by atoms with van der Waals surface area (Å²) in [5, 5.41) is 14.1. The van der Waals surface area contributed by atoms with E-state index in [0.29, 0.717) is 13.2 Å². The molecular formula is C20H25N3O5. The molecule has 2 rings (SSSR count). The first-order chi connectivity index (χ1) is 13.4. The molecule has 0 aliphatic carbocycles. The molecule has 0 bridgehead atoms. The third kappa shape index (κ3) is 5.20. The molecule has 0 spiro atoms. The molecule has 8 nitrogen and oxygen atoms in total. The maximum atomic E-state index is 12.6. The summed E-state index contributed by atoms with van der Waals surface area (Å²) in [7, 11) is 5.43. The average molecular weight is 387 g/mol. The number of likely N-dealkylation sites (N-methyl/N-ethyl adjacent to an activating group) is 1. The summed E-state index contributed by atoms with van der Waals surface area (Å²) in [6.07, 6.45) is 0. The van der Waals surface area contributed by atoms with Gasteiger partial charge in [-0.3, -0.25) is 14.9 Å². The molecule has 28 heavy (non-hydrogen) atoms. The molecule has 0 aromatic heterocycles. The van der Waals surface area contributed by atoms with Gasteiger partial charge in [-0.25, -0.2) is 0 Å². The number of benzene rings is 2. The van der Waals surface area contributed by atoms with E-state index < -0.39 is 4.92 Å². The summed E-state index contributed by atoms with van der Waals surface area (Å²) >= 11 is 0. The van der Waals surface area contributed by atoms with Gasteiger partial charge in [-0.15, -0.1) is 0 Å². The van der Waals surface area contributed by atoms with E-state index in [1.807, 2.05) is 43.3 Å². The van der Waals surface area contributed by atoms with Crippen molar-refractivity contribution in [1.82, 2.24) is 10.2 Å². The minimum atomic E-state index is -0.555. The van der Waals surface area contributed by atoms with Crippen molar-refractivity contribution in [3.63, 3.8) is 0 Å². The standard InChI is InChI=1S/C20H25N3O5/c1-5-28-19-10-9-15(12-17(19)23(25)26)20(24)21-13-18(22(2)3)14-7-6-8-16(11-14)27-4/h6-12,18H,5,13H2,1-4H3,(H,21,24). The zero-order valence-electron chi connectivity index (χ0n) is 16.5. The van der Waals surface area contributed by atoms with Gasteiger partial charge in [0.05, 0.1) is 24.7 Å². The molecule has 8 heteroatoms. The van der Waals surface area contributed by atoms with Crippen LogP contribution in [0.1, 0.15) is 28.9 Å². The third-order valence-corrected chi connectivity index (χ3v) is 4.28. The van der Waals surface area contributed by atoms with Gasteiger partial charge in [-0.1, -0.05) is 12.1 Å². The van der Waals surface area contributed by atoms with Crippen LogP contribution >= 0.6 is 0 Å². The van der Waals surface area contributed by atoms with Gasteiger partial charge in [0.25, 0.3) is 5.91 Å². The summed E-state index contributed by atoms with van der Waals surface area (Å²) in [5.74, 6) is 0.491. The molecule has 0 fully saturated rings. The van der Waals surface area contributed by atoms with Crippen LogP contribution in [-0.4, -0.2) is 50.1 Å². The van der Waals surface area contributed by atoms with Crippen LogP contribution in [0.25, 0.3) is 0 Å². The van der Waals surface area contributed by atoms with Gasteiger partial charge in [-0.2, -0.15) is 0 Å². The first-order valence-corrected chi connectivity index (χ1v) is 8.87. The van der Waals surface area contributed by atoms with E-state index in [0.717, 1.165) is 11.3 Å². The normalized spacial score (nSPS) is 11.8. The Morgan fingerprint density at radius 2 is 2.00 bits per heavy atom. The first kappa shape index (κ1) is 21.2. The predicted octanol–water partition coefficient (Wildman–Crippen LogP) is 3.03. The van der Waals surface area contributed by atoms with Crippen LogP contribution in [0, 0.1) is 10.1 Å².